The lowest BCUT2D eigenvalue weighted by molar-refractivity contribution is -0.0145. The predicted molar refractivity (Wildman–Crippen MR) is 121 cm³/mol. The van der Waals surface area contributed by atoms with Gasteiger partial charge in [-0.2, -0.15) is 0 Å². The van der Waals surface area contributed by atoms with E-state index in [2.05, 4.69) is 0 Å². The molecule has 0 bridgehead atoms. The zero-order valence-electron chi connectivity index (χ0n) is 19.7. The Morgan fingerprint density at radius 3 is 1.73 bits per heavy atom. The number of aliphatic hydroxyl groups is 1. The van der Waals surface area contributed by atoms with Gasteiger partial charge in [0.1, 0.15) is 6.61 Å². The van der Waals surface area contributed by atoms with Gasteiger partial charge in [0.05, 0.1) is 79.3 Å². The molecule has 0 radical (unpaired) electrons. The van der Waals surface area contributed by atoms with Crippen molar-refractivity contribution in [3.8, 4) is 0 Å². The second-order valence-electron chi connectivity index (χ2n) is 6.81. The van der Waals surface area contributed by atoms with E-state index < -0.39 is 6.09 Å². The molecule has 1 N–H and O–H groups in total. The number of hydrogen-bond donors (Lipinski definition) is 1. The molecule has 0 spiro atoms. The second kappa shape index (κ2) is 22.0. The topological polar surface area (TPSA) is 105 Å². The van der Waals surface area contributed by atoms with Crippen LogP contribution < -0.4 is 0 Å². The van der Waals surface area contributed by atoms with Gasteiger partial charge in [0.2, 0.25) is 0 Å². The monoisotopic (exact) mass is 473 g/mol. The molecule has 10 nitrogen and oxygen atoms in total. The molecule has 1 rings (SSSR count). The maximum absolute atomic E-state index is 12.3. The normalized spacial score (nSPS) is 11.0. The van der Waals surface area contributed by atoms with E-state index in [9.17, 15) is 4.79 Å². The van der Waals surface area contributed by atoms with Crippen LogP contribution in [0.2, 0.25) is 0 Å². The number of nitrogens with zero attached hydrogens (tertiary/aromatic N) is 1. The Kier molecular flexibility index (Phi) is 19.5. The van der Waals surface area contributed by atoms with Crippen molar-refractivity contribution in [3.63, 3.8) is 0 Å². The molecule has 0 aliphatic rings. The average Bonchev–Trinajstić information content (AvgIpc) is 2.84. The molecule has 1 aromatic carbocycles. The van der Waals surface area contributed by atoms with Crippen LogP contribution in [0.15, 0.2) is 30.3 Å². The van der Waals surface area contributed by atoms with E-state index >= 15 is 0 Å². The van der Waals surface area contributed by atoms with Gasteiger partial charge >= 0.3 is 6.09 Å². The summed E-state index contributed by atoms with van der Waals surface area (Å²) in [6.07, 6.45) is -0.394. The van der Waals surface area contributed by atoms with Gasteiger partial charge in [-0.1, -0.05) is 30.3 Å². The van der Waals surface area contributed by atoms with Crippen molar-refractivity contribution >= 4 is 6.09 Å². The quantitative estimate of drug-likeness (QED) is 0.250. The third kappa shape index (κ3) is 17.4. The van der Waals surface area contributed by atoms with Crippen molar-refractivity contribution in [1.29, 1.82) is 0 Å². The zero-order chi connectivity index (χ0) is 23.8. The third-order valence-electron chi connectivity index (χ3n) is 4.26. The number of carbonyl (C=O) groups is 1. The predicted octanol–water partition coefficient (Wildman–Crippen LogP) is 1.35. The van der Waals surface area contributed by atoms with Gasteiger partial charge in [0.15, 0.2) is 0 Å². The summed E-state index contributed by atoms with van der Waals surface area (Å²) >= 11 is 0. The van der Waals surface area contributed by atoms with E-state index in [0.717, 1.165) is 5.56 Å². The fourth-order valence-electron chi connectivity index (χ4n) is 2.53. The molecule has 33 heavy (non-hydrogen) atoms. The van der Waals surface area contributed by atoms with Crippen molar-refractivity contribution < 1.29 is 43.1 Å². The summed E-state index contributed by atoms with van der Waals surface area (Å²) in [5.41, 5.74) is 0.936. The second-order valence-corrected chi connectivity index (χ2v) is 6.81. The molecule has 0 saturated heterocycles. The summed E-state index contributed by atoms with van der Waals surface area (Å²) in [5.74, 6) is 0. The maximum Gasteiger partial charge on any atom is 0.410 e. The van der Waals surface area contributed by atoms with E-state index in [4.69, 9.17) is 38.3 Å². The van der Waals surface area contributed by atoms with Crippen LogP contribution in [0.5, 0.6) is 0 Å². The van der Waals surface area contributed by atoms with Gasteiger partial charge in [-0.25, -0.2) is 4.79 Å². The SMILES string of the molecule is COCCN(CCOCCOCCOCCOCCOCCO)C(=O)OCc1ccccc1. The Bertz CT molecular complexity index is 562. The molecule has 0 aliphatic heterocycles. The summed E-state index contributed by atoms with van der Waals surface area (Å²) in [6.45, 7) is 5.93. The highest BCUT2D eigenvalue weighted by molar-refractivity contribution is 5.67. The highest BCUT2D eigenvalue weighted by atomic mass is 16.6. The van der Waals surface area contributed by atoms with E-state index in [-0.39, 0.29) is 13.2 Å². The van der Waals surface area contributed by atoms with Gasteiger partial charge in [0.25, 0.3) is 0 Å². The van der Waals surface area contributed by atoms with E-state index in [1.165, 1.54) is 0 Å². The third-order valence-corrected chi connectivity index (χ3v) is 4.26. The Balaban J connectivity index is 1.98. The minimum Gasteiger partial charge on any atom is -0.445 e. The zero-order valence-corrected chi connectivity index (χ0v) is 19.7. The fourth-order valence-corrected chi connectivity index (χ4v) is 2.53. The Morgan fingerprint density at radius 1 is 0.727 bits per heavy atom. The van der Waals surface area contributed by atoms with Crippen molar-refractivity contribution in [1.82, 2.24) is 4.90 Å². The van der Waals surface area contributed by atoms with E-state index in [1.54, 1.807) is 12.0 Å². The summed E-state index contributed by atoms with van der Waals surface area (Å²) < 4.78 is 37.2. The minimum absolute atomic E-state index is 0.0187. The molecule has 1 amide bonds. The van der Waals surface area contributed by atoms with Crippen LogP contribution in [0, 0.1) is 0 Å². The number of benzene rings is 1. The molecule has 0 aliphatic carbocycles. The van der Waals surface area contributed by atoms with Gasteiger partial charge < -0.3 is 43.2 Å². The number of hydrogen-bond acceptors (Lipinski definition) is 9. The first-order valence-corrected chi connectivity index (χ1v) is 11.2. The van der Waals surface area contributed by atoms with Gasteiger partial charge in [-0.05, 0) is 5.56 Å². The van der Waals surface area contributed by atoms with Crippen LogP contribution in [0.25, 0.3) is 0 Å². The van der Waals surface area contributed by atoms with Crippen LogP contribution >= 0.6 is 0 Å². The first-order chi connectivity index (χ1) is 16.3. The molecule has 1 aromatic rings. The minimum atomic E-state index is -0.394. The lowest BCUT2D eigenvalue weighted by Crippen LogP contribution is -2.37. The summed E-state index contributed by atoms with van der Waals surface area (Å²) in [4.78, 5) is 13.9. The first kappa shape index (κ1) is 29.2. The Morgan fingerprint density at radius 2 is 1.21 bits per heavy atom. The highest BCUT2D eigenvalue weighted by Crippen LogP contribution is 2.03. The molecule has 0 fully saturated rings. The van der Waals surface area contributed by atoms with E-state index in [0.29, 0.717) is 85.8 Å². The van der Waals surface area contributed by atoms with Crippen molar-refractivity contribution in [2.24, 2.45) is 0 Å². The largest absolute Gasteiger partial charge is 0.445 e. The smallest absolute Gasteiger partial charge is 0.410 e. The van der Waals surface area contributed by atoms with Crippen LogP contribution in [0.3, 0.4) is 0 Å². The number of rotatable bonds is 22. The Hall–Kier alpha value is -1.79. The molecule has 0 saturated carbocycles. The summed E-state index contributed by atoms with van der Waals surface area (Å²) in [7, 11) is 1.59. The lowest BCUT2D eigenvalue weighted by Gasteiger charge is -2.21. The van der Waals surface area contributed by atoms with Gasteiger partial charge in [-0.15, -0.1) is 0 Å². The molecule has 0 heterocycles. The standard InChI is InChI=1S/C23H39NO9/c1-27-10-7-24(23(26)33-21-22-5-3-2-4-6-22)8-11-28-13-15-30-17-19-32-20-18-31-16-14-29-12-9-25/h2-6,25H,7-21H2,1H3. The van der Waals surface area contributed by atoms with Crippen molar-refractivity contribution in [2.45, 2.75) is 6.61 Å². The number of ether oxygens (including phenoxy) is 7. The molecule has 0 atom stereocenters. The van der Waals surface area contributed by atoms with E-state index in [1.807, 2.05) is 30.3 Å². The molecule has 10 heteroatoms. The highest BCUT2D eigenvalue weighted by Gasteiger charge is 2.14. The van der Waals surface area contributed by atoms with Crippen LogP contribution in [-0.4, -0.2) is 116 Å². The molecular weight excluding hydrogens is 434 g/mol. The number of methoxy groups -OCH3 is 1. The summed E-state index contributed by atoms with van der Waals surface area (Å²) in [5, 5.41) is 8.56. The number of carbonyl (C=O) groups excluding carboxylic acids is 1. The maximum atomic E-state index is 12.3. The lowest BCUT2D eigenvalue weighted by atomic mass is 10.2. The molecule has 0 unspecified atom stereocenters. The average molecular weight is 474 g/mol. The van der Waals surface area contributed by atoms with Crippen molar-refractivity contribution in [2.75, 3.05) is 99.5 Å². The van der Waals surface area contributed by atoms with Gasteiger partial charge in [0, 0.05) is 20.2 Å². The first-order valence-electron chi connectivity index (χ1n) is 11.2. The van der Waals surface area contributed by atoms with Gasteiger partial charge in [-0.3, -0.25) is 0 Å². The van der Waals surface area contributed by atoms with Crippen molar-refractivity contribution in [3.05, 3.63) is 35.9 Å². The van der Waals surface area contributed by atoms with Crippen LogP contribution in [0.4, 0.5) is 4.79 Å². The number of amides is 1. The van der Waals surface area contributed by atoms with Crippen LogP contribution in [0.1, 0.15) is 5.56 Å². The fraction of sp³-hybridized carbons (Fsp3) is 0.696. The van der Waals surface area contributed by atoms with Crippen LogP contribution in [-0.2, 0) is 39.8 Å². The number of aliphatic hydroxyl groups excluding tert-OH is 1. The molecule has 190 valence electrons. The molecular formula is C23H39NO9. The Labute approximate surface area is 196 Å². The summed E-state index contributed by atoms with van der Waals surface area (Å²) in [6, 6.07) is 9.55. The molecule has 0 aromatic heterocycles.